The van der Waals surface area contributed by atoms with E-state index in [0.717, 1.165) is 0 Å². The molecular weight excluding hydrogens is 148 g/mol. The van der Waals surface area contributed by atoms with Crippen LogP contribution in [0.25, 0.3) is 0 Å². The first-order valence-corrected chi connectivity index (χ1v) is 5.12. The molecule has 0 aromatic heterocycles. The Morgan fingerprint density at radius 1 is 1.62 bits per heavy atom. The van der Waals surface area contributed by atoms with Crippen molar-refractivity contribution in [3.63, 3.8) is 0 Å². The Hall–Kier alpha value is 0.260. The fourth-order valence-electron chi connectivity index (χ4n) is 0.287. The Morgan fingerprint density at radius 2 is 2.12 bits per heavy atom. The number of hydrogen-bond donors (Lipinski definition) is 1. The summed E-state index contributed by atoms with van der Waals surface area (Å²) in [6, 6.07) is 0. The molecule has 0 aliphatic rings. The maximum absolute atomic E-state index is 10.3. The Labute approximate surface area is 52.6 Å². The topological polar surface area (TPSA) is 54.4 Å². The summed E-state index contributed by atoms with van der Waals surface area (Å²) in [6.45, 7) is 1.74. The van der Waals surface area contributed by atoms with Gasteiger partial charge in [0.1, 0.15) is 11.1 Å². The second-order valence-corrected chi connectivity index (χ2v) is 4.98. The molecule has 0 amide bonds. The van der Waals surface area contributed by atoms with Gasteiger partial charge < -0.3 is 4.55 Å². The van der Waals surface area contributed by atoms with Gasteiger partial charge in [-0.25, -0.2) is 8.42 Å². The Balaban J connectivity index is 3.76. The smallest absolute Gasteiger partial charge is 0.226 e. The molecule has 50 valence electrons. The van der Waals surface area contributed by atoms with E-state index in [-0.39, 0.29) is 16.8 Å². The molecule has 0 aliphatic heterocycles. The maximum Gasteiger partial charge on any atom is 0.226 e. The van der Waals surface area contributed by atoms with Gasteiger partial charge in [-0.15, -0.1) is 0 Å². The first-order valence-electron chi connectivity index (χ1n) is 2.18. The Bertz CT molecular complexity index is 137. The molecule has 0 saturated heterocycles. The van der Waals surface area contributed by atoms with E-state index in [4.69, 9.17) is 4.55 Å². The van der Waals surface area contributed by atoms with Crippen LogP contribution in [0.1, 0.15) is 13.3 Å². The predicted octanol–water partition coefficient (Wildman–Crippen LogP) is 0.932. The maximum atomic E-state index is 10.3. The molecule has 0 bridgehead atoms. The molecule has 0 rings (SSSR count). The molecule has 0 saturated carbocycles. The number of hydrogen-bond acceptors (Lipinski definition) is 4. The Kier molecular flexibility index (Phi) is 3.43. The lowest BCUT2D eigenvalue weighted by Crippen LogP contribution is -1.97. The van der Waals surface area contributed by atoms with Gasteiger partial charge in [-0.1, -0.05) is 6.92 Å². The highest BCUT2D eigenvalue weighted by Gasteiger charge is 2.06. The first-order chi connectivity index (χ1) is 3.62. The highest BCUT2D eigenvalue weighted by Crippen LogP contribution is 2.07. The van der Waals surface area contributed by atoms with Crippen LogP contribution in [0, 0.1) is 0 Å². The Morgan fingerprint density at radius 3 is 2.25 bits per heavy atom. The van der Waals surface area contributed by atoms with Crippen molar-refractivity contribution in [2.75, 3.05) is 5.75 Å². The predicted molar refractivity (Wildman–Crippen MR) is 34.3 cm³/mol. The van der Waals surface area contributed by atoms with E-state index >= 15 is 0 Å². The van der Waals surface area contributed by atoms with Crippen LogP contribution in [-0.2, 0) is 8.87 Å². The minimum absolute atomic E-state index is 0.0498. The fourth-order valence-corrected chi connectivity index (χ4v) is 1.59. The van der Waals surface area contributed by atoms with Crippen molar-refractivity contribution < 1.29 is 13.0 Å². The van der Waals surface area contributed by atoms with E-state index in [9.17, 15) is 8.42 Å². The van der Waals surface area contributed by atoms with Crippen molar-refractivity contribution in [3.8, 4) is 0 Å². The summed E-state index contributed by atoms with van der Waals surface area (Å²) in [5.74, 6) is 0.0498. The molecule has 0 spiro atoms. The fraction of sp³-hybridized carbons (Fsp3) is 1.00. The van der Waals surface area contributed by atoms with Crippen LogP contribution in [0.15, 0.2) is 0 Å². The van der Waals surface area contributed by atoms with Crippen LogP contribution < -0.4 is 0 Å². The van der Waals surface area contributed by atoms with Crippen LogP contribution in [-0.4, -0.2) is 18.7 Å². The largest absolute Gasteiger partial charge is 0.317 e. The number of rotatable bonds is 3. The third-order valence-electron chi connectivity index (χ3n) is 0.568. The van der Waals surface area contributed by atoms with E-state index in [2.05, 4.69) is 0 Å². The molecule has 0 radical (unpaired) electrons. The molecule has 0 unspecified atom stereocenters. The molecule has 0 fully saturated rings. The van der Waals surface area contributed by atoms with Gasteiger partial charge >= 0.3 is 0 Å². The van der Waals surface area contributed by atoms with Gasteiger partial charge in [0.15, 0.2) is 0 Å². The zero-order valence-corrected chi connectivity index (χ0v) is 6.13. The standard InChI is InChI=1S/C3H8O3S2/c1-2-3-8(5,6)7-4/h4H,2-3H2,1H3. The van der Waals surface area contributed by atoms with Gasteiger partial charge in [-0.3, -0.25) is 0 Å². The molecule has 5 heteroatoms. The van der Waals surface area contributed by atoms with E-state index in [1.807, 2.05) is 0 Å². The SMILES string of the molecule is CCCS(=O)(=O)SO. The summed E-state index contributed by atoms with van der Waals surface area (Å²) in [5.41, 5.74) is 0. The quantitative estimate of drug-likeness (QED) is 0.488. The van der Waals surface area contributed by atoms with Gasteiger partial charge in [0.2, 0.25) is 8.87 Å². The summed E-state index contributed by atoms with van der Waals surface area (Å²) in [7, 11) is -3.20. The van der Waals surface area contributed by atoms with Crippen molar-refractivity contribution in [3.05, 3.63) is 0 Å². The van der Waals surface area contributed by atoms with Gasteiger partial charge in [-0.2, -0.15) is 0 Å². The summed E-state index contributed by atoms with van der Waals surface area (Å²) < 4.78 is 28.7. The molecule has 8 heavy (non-hydrogen) atoms. The average molecular weight is 156 g/mol. The lowest BCUT2D eigenvalue weighted by molar-refractivity contribution is 0.601. The molecular formula is C3H8O3S2. The molecule has 0 atom stereocenters. The van der Waals surface area contributed by atoms with Crippen LogP contribution in [0.2, 0.25) is 0 Å². The van der Waals surface area contributed by atoms with Crippen molar-refractivity contribution in [1.82, 2.24) is 0 Å². The lowest BCUT2D eigenvalue weighted by Gasteiger charge is -1.90. The highest BCUT2D eigenvalue weighted by atomic mass is 33.1. The second-order valence-electron chi connectivity index (χ2n) is 1.34. The van der Waals surface area contributed by atoms with Gasteiger partial charge in [0.05, 0.1) is 5.75 Å². The first kappa shape index (κ1) is 8.26. The van der Waals surface area contributed by atoms with Crippen molar-refractivity contribution >= 4 is 19.9 Å². The minimum Gasteiger partial charge on any atom is -0.317 e. The van der Waals surface area contributed by atoms with Crippen molar-refractivity contribution in [2.24, 2.45) is 0 Å². The van der Waals surface area contributed by atoms with E-state index in [1.165, 1.54) is 0 Å². The van der Waals surface area contributed by atoms with E-state index in [1.54, 1.807) is 6.92 Å². The normalized spacial score (nSPS) is 11.8. The van der Waals surface area contributed by atoms with E-state index in [0.29, 0.717) is 6.42 Å². The van der Waals surface area contributed by atoms with Crippen LogP contribution in [0.3, 0.4) is 0 Å². The summed E-state index contributed by atoms with van der Waals surface area (Å²) in [4.78, 5) is 0. The van der Waals surface area contributed by atoms with Gasteiger partial charge in [-0.05, 0) is 6.42 Å². The van der Waals surface area contributed by atoms with Gasteiger partial charge in [0, 0.05) is 0 Å². The second kappa shape index (κ2) is 3.32. The molecule has 0 aliphatic carbocycles. The third-order valence-corrected chi connectivity index (χ3v) is 2.88. The summed E-state index contributed by atoms with van der Waals surface area (Å²) in [5, 5.41) is 0. The van der Waals surface area contributed by atoms with Gasteiger partial charge in [0.25, 0.3) is 0 Å². The molecule has 0 heterocycles. The third kappa shape index (κ3) is 3.29. The summed E-state index contributed by atoms with van der Waals surface area (Å²) >= 11 is -0.0761. The molecule has 0 aromatic carbocycles. The van der Waals surface area contributed by atoms with Crippen LogP contribution in [0.4, 0.5) is 0 Å². The zero-order valence-electron chi connectivity index (χ0n) is 4.49. The lowest BCUT2D eigenvalue weighted by atomic mass is 10.6. The van der Waals surface area contributed by atoms with E-state index < -0.39 is 8.87 Å². The average Bonchev–Trinajstić information content (AvgIpc) is 1.67. The monoisotopic (exact) mass is 156 g/mol. The zero-order chi connectivity index (χ0) is 6.62. The van der Waals surface area contributed by atoms with Crippen LogP contribution in [0.5, 0.6) is 0 Å². The molecule has 1 N–H and O–H groups in total. The highest BCUT2D eigenvalue weighted by molar-refractivity contribution is 8.69. The van der Waals surface area contributed by atoms with Crippen molar-refractivity contribution in [2.45, 2.75) is 13.3 Å². The van der Waals surface area contributed by atoms with Crippen molar-refractivity contribution in [1.29, 1.82) is 0 Å². The summed E-state index contributed by atoms with van der Waals surface area (Å²) in [6.07, 6.45) is 0.551. The molecule has 0 aromatic rings. The molecule has 3 nitrogen and oxygen atoms in total. The van der Waals surface area contributed by atoms with Crippen LogP contribution >= 0.6 is 11.1 Å². The minimum atomic E-state index is -3.20.